The maximum Gasteiger partial charge on any atom is -0.00154 e. The van der Waals surface area contributed by atoms with Crippen LogP contribution >= 0.6 is 0 Å². The third-order valence-corrected chi connectivity index (χ3v) is 5.45. The molecule has 0 saturated heterocycles. The van der Waals surface area contributed by atoms with Gasteiger partial charge in [0.1, 0.15) is 0 Å². The molecule has 1 fully saturated rings. The normalized spacial score (nSPS) is 40.7. The summed E-state index contributed by atoms with van der Waals surface area (Å²) in [7, 11) is 0. The van der Waals surface area contributed by atoms with Crippen molar-refractivity contribution < 1.29 is 0 Å². The van der Waals surface area contributed by atoms with Crippen LogP contribution in [0, 0.1) is 16.7 Å². The van der Waals surface area contributed by atoms with Crippen LogP contribution in [0.25, 0.3) is 0 Å². The van der Waals surface area contributed by atoms with Crippen LogP contribution in [-0.4, -0.2) is 6.54 Å². The second-order valence-corrected chi connectivity index (χ2v) is 6.33. The van der Waals surface area contributed by atoms with Crippen molar-refractivity contribution in [3.05, 3.63) is 0 Å². The molecule has 0 heterocycles. The lowest BCUT2D eigenvalue weighted by Gasteiger charge is -2.48. The fraction of sp³-hybridized carbons (Fsp3) is 1.00. The lowest BCUT2D eigenvalue weighted by molar-refractivity contribution is 0.0340. The second-order valence-electron chi connectivity index (χ2n) is 6.33. The van der Waals surface area contributed by atoms with E-state index in [0.717, 1.165) is 12.5 Å². The van der Waals surface area contributed by atoms with E-state index in [9.17, 15) is 0 Å². The number of rotatable bonds is 4. The van der Waals surface area contributed by atoms with Crippen molar-refractivity contribution >= 4 is 0 Å². The molecule has 1 aliphatic carbocycles. The van der Waals surface area contributed by atoms with E-state index in [1.54, 1.807) is 0 Å². The third kappa shape index (κ3) is 2.45. The van der Waals surface area contributed by atoms with Crippen LogP contribution in [0.1, 0.15) is 72.6 Å². The molecule has 0 spiro atoms. The second kappa shape index (κ2) is 5.53. The van der Waals surface area contributed by atoms with Gasteiger partial charge >= 0.3 is 0 Å². The summed E-state index contributed by atoms with van der Waals surface area (Å²) in [6, 6.07) is 0. The van der Waals surface area contributed by atoms with E-state index in [0.29, 0.717) is 10.8 Å². The summed E-state index contributed by atoms with van der Waals surface area (Å²) < 4.78 is 0. The highest BCUT2D eigenvalue weighted by molar-refractivity contribution is 4.97. The molecule has 0 aliphatic heterocycles. The van der Waals surface area contributed by atoms with Crippen molar-refractivity contribution in [2.45, 2.75) is 72.6 Å². The zero-order valence-corrected chi connectivity index (χ0v) is 11.8. The molecule has 0 bridgehead atoms. The molecule has 96 valence electrons. The smallest absolute Gasteiger partial charge is 0.00154 e. The van der Waals surface area contributed by atoms with Crippen LogP contribution in [0.5, 0.6) is 0 Å². The van der Waals surface area contributed by atoms with Crippen molar-refractivity contribution in [2.24, 2.45) is 22.5 Å². The largest absolute Gasteiger partial charge is 0.330 e. The average molecular weight is 225 g/mol. The summed E-state index contributed by atoms with van der Waals surface area (Å²) in [4.78, 5) is 0. The zero-order chi connectivity index (χ0) is 12.2. The number of nitrogens with two attached hydrogens (primary N) is 1. The van der Waals surface area contributed by atoms with Gasteiger partial charge in [0.15, 0.2) is 0 Å². The highest BCUT2D eigenvalue weighted by Crippen LogP contribution is 2.54. The van der Waals surface area contributed by atoms with Gasteiger partial charge in [-0.15, -0.1) is 0 Å². The summed E-state index contributed by atoms with van der Waals surface area (Å²) in [5.74, 6) is 0.899. The quantitative estimate of drug-likeness (QED) is 0.707. The van der Waals surface area contributed by atoms with Crippen molar-refractivity contribution in [1.29, 1.82) is 0 Å². The molecule has 1 nitrogen and oxygen atoms in total. The fourth-order valence-corrected chi connectivity index (χ4v) is 3.84. The molecule has 0 aromatic rings. The molecule has 3 atom stereocenters. The molecule has 1 aliphatic rings. The first-order chi connectivity index (χ1) is 7.53. The molecule has 1 saturated carbocycles. The Morgan fingerprint density at radius 2 is 1.81 bits per heavy atom. The van der Waals surface area contributed by atoms with E-state index < -0.39 is 0 Å². The molecule has 0 aromatic heterocycles. The van der Waals surface area contributed by atoms with Crippen LogP contribution in [-0.2, 0) is 0 Å². The molecular formula is C15H31N. The summed E-state index contributed by atoms with van der Waals surface area (Å²) in [6.07, 6.45) is 9.41. The van der Waals surface area contributed by atoms with Crippen LogP contribution in [0.3, 0.4) is 0 Å². The minimum Gasteiger partial charge on any atom is -0.330 e. The average Bonchev–Trinajstić information content (AvgIpc) is 2.39. The van der Waals surface area contributed by atoms with Gasteiger partial charge in [-0.05, 0) is 49.0 Å². The Balaban J connectivity index is 2.96. The Labute approximate surface area is 102 Å². The molecular weight excluding hydrogens is 194 g/mol. The van der Waals surface area contributed by atoms with Gasteiger partial charge in [-0.3, -0.25) is 0 Å². The predicted molar refractivity (Wildman–Crippen MR) is 72.4 cm³/mol. The number of hydrogen-bond acceptors (Lipinski definition) is 1. The van der Waals surface area contributed by atoms with Crippen molar-refractivity contribution in [3.8, 4) is 0 Å². The Kier molecular flexibility index (Phi) is 4.85. The van der Waals surface area contributed by atoms with Crippen molar-refractivity contribution in [1.82, 2.24) is 0 Å². The standard InChI is InChI=1S/C15H31N/c1-5-9-14(4)10-7-13(3)8-11-15(14,6-2)12-16/h13H,5-12,16H2,1-4H3. The molecule has 1 rings (SSSR count). The monoisotopic (exact) mass is 225 g/mol. The first-order valence-electron chi connectivity index (χ1n) is 7.23. The van der Waals surface area contributed by atoms with Gasteiger partial charge in [0.25, 0.3) is 0 Å². The highest BCUT2D eigenvalue weighted by atomic mass is 14.7. The summed E-state index contributed by atoms with van der Waals surface area (Å²) in [6.45, 7) is 10.5. The lowest BCUT2D eigenvalue weighted by Crippen LogP contribution is -2.44. The van der Waals surface area contributed by atoms with E-state index in [-0.39, 0.29) is 0 Å². The van der Waals surface area contributed by atoms with Crippen LogP contribution in [0.2, 0.25) is 0 Å². The minimum absolute atomic E-state index is 0.410. The molecule has 0 aromatic carbocycles. The molecule has 2 N–H and O–H groups in total. The zero-order valence-electron chi connectivity index (χ0n) is 11.8. The molecule has 0 amide bonds. The Morgan fingerprint density at radius 1 is 1.19 bits per heavy atom. The van der Waals surface area contributed by atoms with E-state index in [4.69, 9.17) is 5.73 Å². The summed E-state index contributed by atoms with van der Waals surface area (Å²) in [5, 5.41) is 0. The first-order valence-corrected chi connectivity index (χ1v) is 7.23. The van der Waals surface area contributed by atoms with Gasteiger partial charge in [0.2, 0.25) is 0 Å². The van der Waals surface area contributed by atoms with Gasteiger partial charge in [-0.2, -0.15) is 0 Å². The van der Waals surface area contributed by atoms with Gasteiger partial charge < -0.3 is 5.73 Å². The van der Waals surface area contributed by atoms with E-state index in [1.807, 2.05) is 0 Å². The van der Waals surface area contributed by atoms with Gasteiger partial charge in [0.05, 0.1) is 0 Å². The summed E-state index contributed by atoms with van der Waals surface area (Å²) in [5.41, 5.74) is 7.06. The van der Waals surface area contributed by atoms with Crippen molar-refractivity contribution in [2.75, 3.05) is 6.54 Å². The van der Waals surface area contributed by atoms with Crippen LogP contribution in [0.4, 0.5) is 0 Å². The summed E-state index contributed by atoms with van der Waals surface area (Å²) >= 11 is 0. The molecule has 0 radical (unpaired) electrons. The van der Waals surface area contributed by atoms with E-state index in [2.05, 4.69) is 27.7 Å². The molecule has 3 unspecified atom stereocenters. The van der Waals surface area contributed by atoms with Crippen molar-refractivity contribution in [3.63, 3.8) is 0 Å². The third-order valence-electron chi connectivity index (χ3n) is 5.45. The lowest BCUT2D eigenvalue weighted by atomic mass is 9.58. The Morgan fingerprint density at radius 3 is 2.31 bits per heavy atom. The maximum atomic E-state index is 6.17. The fourth-order valence-electron chi connectivity index (χ4n) is 3.84. The van der Waals surface area contributed by atoms with E-state index in [1.165, 1.54) is 44.9 Å². The predicted octanol–water partition coefficient (Wildman–Crippen LogP) is 4.36. The SMILES string of the molecule is CCCC1(C)CCC(C)CCC1(CC)CN. The van der Waals surface area contributed by atoms with Gasteiger partial charge in [-0.25, -0.2) is 0 Å². The molecule has 16 heavy (non-hydrogen) atoms. The van der Waals surface area contributed by atoms with E-state index >= 15 is 0 Å². The van der Waals surface area contributed by atoms with Gasteiger partial charge in [-0.1, -0.05) is 47.0 Å². The molecule has 1 heteroatoms. The minimum atomic E-state index is 0.410. The highest BCUT2D eigenvalue weighted by Gasteiger charge is 2.46. The van der Waals surface area contributed by atoms with Crippen LogP contribution in [0.15, 0.2) is 0 Å². The maximum absolute atomic E-state index is 6.17. The topological polar surface area (TPSA) is 26.0 Å². The Bertz CT molecular complexity index is 207. The number of hydrogen-bond donors (Lipinski definition) is 1. The first kappa shape index (κ1) is 14.0. The van der Waals surface area contributed by atoms with Gasteiger partial charge in [0, 0.05) is 0 Å². The van der Waals surface area contributed by atoms with Crippen LogP contribution < -0.4 is 5.73 Å². The Hall–Kier alpha value is -0.0400.